The number of aryl methyl sites for hydroxylation is 1. The van der Waals surface area contributed by atoms with E-state index in [9.17, 15) is 9.59 Å². The van der Waals surface area contributed by atoms with Crippen LogP contribution in [-0.2, 0) is 16.1 Å². The number of urea groups is 1. The first-order chi connectivity index (χ1) is 13.1. The molecule has 0 fully saturated rings. The lowest BCUT2D eigenvalue weighted by molar-refractivity contribution is -0.136. The van der Waals surface area contributed by atoms with Crippen molar-refractivity contribution in [2.75, 3.05) is 13.2 Å². The molecule has 1 aromatic heterocycles. The van der Waals surface area contributed by atoms with Crippen LogP contribution >= 0.6 is 0 Å². The number of amides is 2. The summed E-state index contributed by atoms with van der Waals surface area (Å²) in [6.07, 6.45) is 0. The van der Waals surface area contributed by atoms with Gasteiger partial charge in [0, 0.05) is 0 Å². The smallest absolute Gasteiger partial charge is 0.338 e. The van der Waals surface area contributed by atoms with Crippen molar-refractivity contribution in [2.24, 2.45) is 0 Å². The summed E-state index contributed by atoms with van der Waals surface area (Å²) in [6.45, 7) is 4.25. The van der Waals surface area contributed by atoms with Gasteiger partial charge in [0.1, 0.15) is 18.9 Å². The maximum atomic E-state index is 12.7. The van der Waals surface area contributed by atoms with E-state index >= 15 is 0 Å². The number of ether oxygens (including phenoxy) is 2. The monoisotopic (exact) mass is 370 g/mol. The highest BCUT2D eigenvalue weighted by Gasteiger charge is 2.42. The number of carbonyl (C=O) groups excluding carboxylic acids is 2. The Bertz CT molecular complexity index is 918. The minimum Gasteiger partial charge on any atom is -0.494 e. The molecule has 1 N–H and O–H groups in total. The fourth-order valence-corrected chi connectivity index (χ4v) is 3.19. The second kappa shape index (κ2) is 6.75. The summed E-state index contributed by atoms with van der Waals surface area (Å²) < 4.78 is 15.7. The number of hydrogen-bond donors (Lipinski definition) is 1. The van der Waals surface area contributed by atoms with Crippen molar-refractivity contribution in [2.45, 2.75) is 26.4 Å². The van der Waals surface area contributed by atoms with Gasteiger partial charge in [0.25, 0.3) is 0 Å². The van der Waals surface area contributed by atoms with Gasteiger partial charge in [-0.3, -0.25) is 4.90 Å². The summed E-state index contributed by atoms with van der Waals surface area (Å²) in [6, 6.07) is 6.31. The predicted molar refractivity (Wildman–Crippen MR) is 91.4 cm³/mol. The Hall–Kier alpha value is -3.36. The first-order valence-corrected chi connectivity index (χ1v) is 8.57. The van der Waals surface area contributed by atoms with Crippen molar-refractivity contribution >= 4 is 12.0 Å². The molecule has 3 heterocycles. The largest absolute Gasteiger partial charge is 0.494 e. The van der Waals surface area contributed by atoms with Gasteiger partial charge in [0.2, 0.25) is 5.89 Å². The zero-order valence-corrected chi connectivity index (χ0v) is 14.9. The standard InChI is InChI=1S/C18H18N4O5/c1-3-25-12-6-4-11(5-7-12)16-15-13(9-26-17(15)23)22(18(24)20-16)8-14-19-10(2)21-27-14/h4-7,16H,3,8-9H2,1-2H3,(H,20,24)/t16-/m0/s1. The van der Waals surface area contributed by atoms with E-state index in [4.69, 9.17) is 14.0 Å². The number of rotatable bonds is 5. The molecule has 2 aliphatic heterocycles. The average Bonchev–Trinajstić information content (AvgIpc) is 3.24. The molecule has 27 heavy (non-hydrogen) atoms. The van der Waals surface area contributed by atoms with Crippen molar-refractivity contribution in [1.29, 1.82) is 0 Å². The van der Waals surface area contributed by atoms with Gasteiger partial charge in [0.15, 0.2) is 5.82 Å². The molecule has 140 valence electrons. The van der Waals surface area contributed by atoms with Crippen LogP contribution in [0.15, 0.2) is 40.1 Å². The number of nitrogens with one attached hydrogen (secondary N) is 1. The minimum absolute atomic E-state index is 0.0300. The molecule has 1 aromatic carbocycles. The Balaban J connectivity index is 1.66. The highest BCUT2D eigenvalue weighted by atomic mass is 16.5. The third kappa shape index (κ3) is 3.12. The van der Waals surface area contributed by atoms with Crippen LogP contribution in [0.1, 0.15) is 30.2 Å². The molecule has 0 radical (unpaired) electrons. The molecule has 9 heteroatoms. The van der Waals surface area contributed by atoms with Gasteiger partial charge < -0.3 is 19.3 Å². The highest BCUT2D eigenvalue weighted by Crippen LogP contribution is 2.36. The van der Waals surface area contributed by atoms with Crippen LogP contribution in [0.2, 0.25) is 0 Å². The molecular weight excluding hydrogens is 352 g/mol. The minimum atomic E-state index is -0.584. The van der Waals surface area contributed by atoms with Crippen molar-refractivity contribution in [3.63, 3.8) is 0 Å². The molecule has 0 spiro atoms. The van der Waals surface area contributed by atoms with Gasteiger partial charge in [-0.25, -0.2) is 9.59 Å². The molecule has 4 rings (SSSR count). The van der Waals surface area contributed by atoms with Crippen LogP contribution in [0.25, 0.3) is 0 Å². The van der Waals surface area contributed by atoms with Gasteiger partial charge in [-0.05, 0) is 31.5 Å². The average molecular weight is 370 g/mol. The van der Waals surface area contributed by atoms with Gasteiger partial charge >= 0.3 is 12.0 Å². The van der Waals surface area contributed by atoms with Gasteiger partial charge in [-0.15, -0.1) is 0 Å². The van der Waals surface area contributed by atoms with Crippen molar-refractivity contribution in [3.05, 3.63) is 52.8 Å². The van der Waals surface area contributed by atoms with Crippen LogP contribution in [0.4, 0.5) is 4.79 Å². The van der Waals surface area contributed by atoms with Crippen LogP contribution < -0.4 is 10.1 Å². The quantitative estimate of drug-likeness (QED) is 0.801. The van der Waals surface area contributed by atoms with Gasteiger partial charge in [0.05, 0.1) is 23.9 Å². The molecule has 9 nitrogen and oxygen atoms in total. The van der Waals surface area contributed by atoms with E-state index in [0.717, 1.165) is 11.3 Å². The summed E-state index contributed by atoms with van der Waals surface area (Å²) in [4.78, 5) is 30.6. The molecule has 0 saturated carbocycles. The van der Waals surface area contributed by atoms with Crippen LogP contribution in [0.5, 0.6) is 5.75 Å². The zero-order chi connectivity index (χ0) is 19.0. The number of nitrogens with zero attached hydrogens (tertiary/aromatic N) is 3. The maximum Gasteiger partial charge on any atom is 0.338 e. The van der Waals surface area contributed by atoms with E-state index in [1.807, 2.05) is 19.1 Å². The predicted octanol–water partition coefficient (Wildman–Crippen LogP) is 1.85. The van der Waals surface area contributed by atoms with E-state index in [2.05, 4.69) is 15.5 Å². The first-order valence-electron chi connectivity index (χ1n) is 8.57. The van der Waals surface area contributed by atoms with E-state index in [0.29, 0.717) is 23.7 Å². The summed E-state index contributed by atoms with van der Waals surface area (Å²) >= 11 is 0. The van der Waals surface area contributed by atoms with Gasteiger partial charge in [-0.1, -0.05) is 17.3 Å². The molecule has 2 aromatic rings. The maximum absolute atomic E-state index is 12.7. The Labute approximate surface area is 154 Å². The molecular formula is C18H18N4O5. The zero-order valence-electron chi connectivity index (χ0n) is 14.9. The summed E-state index contributed by atoms with van der Waals surface area (Å²) in [7, 11) is 0. The van der Waals surface area contributed by atoms with Crippen molar-refractivity contribution in [1.82, 2.24) is 20.4 Å². The van der Waals surface area contributed by atoms with Crippen LogP contribution in [-0.4, -0.2) is 40.3 Å². The van der Waals surface area contributed by atoms with E-state index in [-0.39, 0.29) is 25.1 Å². The molecule has 2 aliphatic rings. The normalized spacial score (nSPS) is 19.0. The number of benzene rings is 1. The molecule has 0 bridgehead atoms. The lowest BCUT2D eigenvalue weighted by atomic mass is 9.95. The van der Waals surface area contributed by atoms with Crippen LogP contribution in [0.3, 0.4) is 0 Å². The molecule has 0 saturated heterocycles. The lowest BCUT2D eigenvalue weighted by Gasteiger charge is -2.32. The second-order valence-corrected chi connectivity index (χ2v) is 6.14. The van der Waals surface area contributed by atoms with E-state index < -0.39 is 12.0 Å². The fraction of sp³-hybridized carbons (Fsp3) is 0.333. The van der Waals surface area contributed by atoms with E-state index in [1.54, 1.807) is 19.1 Å². The first kappa shape index (κ1) is 17.1. The Morgan fingerprint density at radius 1 is 1.30 bits per heavy atom. The third-order valence-electron chi connectivity index (χ3n) is 4.39. The summed E-state index contributed by atoms with van der Waals surface area (Å²) in [5, 5.41) is 6.58. The molecule has 2 amide bonds. The fourth-order valence-electron chi connectivity index (χ4n) is 3.19. The van der Waals surface area contributed by atoms with Crippen molar-refractivity contribution in [3.8, 4) is 5.75 Å². The van der Waals surface area contributed by atoms with E-state index in [1.165, 1.54) is 4.90 Å². The topological polar surface area (TPSA) is 107 Å². The number of carbonyl (C=O) groups is 2. The third-order valence-corrected chi connectivity index (χ3v) is 4.39. The van der Waals surface area contributed by atoms with Crippen molar-refractivity contribution < 1.29 is 23.6 Å². The number of esters is 1. The number of aromatic nitrogens is 2. The summed E-state index contributed by atoms with van der Waals surface area (Å²) in [5.74, 6) is 1.03. The number of cyclic esters (lactones) is 1. The molecule has 0 unspecified atom stereocenters. The highest BCUT2D eigenvalue weighted by molar-refractivity contribution is 5.97. The molecule has 0 aliphatic carbocycles. The Kier molecular flexibility index (Phi) is 4.27. The number of hydrogen-bond acceptors (Lipinski definition) is 7. The van der Waals surface area contributed by atoms with Gasteiger partial charge in [-0.2, -0.15) is 4.98 Å². The Morgan fingerprint density at radius 3 is 2.74 bits per heavy atom. The lowest BCUT2D eigenvalue weighted by Crippen LogP contribution is -2.46. The molecule has 1 atom stereocenters. The Morgan fingerprint density at radius 2 is 2.07 bits per heavy atom. The SMILES string of the molecule is CCOc1ccc([C@@H]2NC(=O)N(Cc3nc(C)no3)C3=C2C(=O)OC3)cc1. The summed E-state index contributed by atoms with van der Waals surface area (Å²) in [5.41, 5.74) is 1.69. The van der Waals surface area contributed by atoms with Crippen LogP contribution in [0, 0.1) is 6.92 Å². The second-order valence-electron chi connectivity index (χ2n) is 6.14.